The van der Waals surface area contributed by atoms with E-state index in [0.29, 0.717) is 6.20 Å². The van der Waals surface area contributed by atoms with Gasteiger partial charge < -0.3 is 14.8 Å². The van der Waals surface area contributed by atoms with Gasteiger partial charge in [0, 0.05) is 0 Å². The van der Waals surface area contributed by atoms with Crippen molar-refractivity contribution in [3.63, 3.8) is 0 Å². The van der Waals surface area contributed by atoms with Crippen molar-refractivity contribution in [1.82, 2.24) is 4.98 Å². The summed E-state index contributed by atoms with van der Waals surface area (Å²) < 4.78 is 39.5. The topological polar surface area (TPSA) is 123 Å². The summed E-state index contributed by atoms with van der Waals surface area (Å²) in [6, 6.07) is 0. The van der Waals surface area contributed by atoms with Crippen LogP contribution in [-0.4, -0.2) is 27.3 Å². The number of alkyl halides is 3. The molecule has 0 unspecified atom stereocenters. The van der Waals surface area contributed by atoms with Crippen LogP contribution in [0.4, 0.5) is 18.9 Å². The average molecular weight is 282 g/mol. The summed E-state index contributed by atoms with van der Waals surface area (Å²) in [5.41, 5.74) is -3.52. The number of H-pyrrole nitrogens is 1. The third-order valence-electron chi connectivity index (χ3n) is 1.86. The molecule has 1 aromatic heterocycles. The molecule has 8 nitrogen and oxygen atoms in total. The zero-order valence-electron chi connectivity index (χ0n) is 8.85. The van der Waals surface area contributed by atoms with Gasteiger partial charge in [0.1, 0.15) is 0 Å². The van der Waals surface area contributed by atoms with Crippen LogP contribution in [0.5, 0.6) is 5.88 Å². The van der Waals surface area contributed by atoms with Crippen molar-refractivity contribution >= 4 is 11.7 Å². The molecule has 2 N–H and O–H groups in total. The number of hydrogen-bond donors (Lipinski definition) is 2. The fourth-order valence-electron chi connectivity index (χ4n) is 1.20. The number of nitro groups is 1. The molecule has 11 heteroatoms. The molecule has 1 rings (SSSR count). The second kappa shape index (κ2) is 4.96. The number of rotatable bonds is 4. The SMILES string of the molecule is O=C(O)Cc1c(OC(F)(F)F)[nH]cc([N+](=O)[O-])c1=O. The number of carbonyl (C=O) groups is 1. The Morgan fingerprint density at radius 2 is 2.11 bits per heavy atom. The Morgan fingerprint density at radius 1 is 1.53 bits per heavy atom. The predicted molar refractivity (Wildman–Crippen MR) is 51.7 cm³/mol. The maximum atomic E-state index is 12.0. The Balaban J connectivity index is 3.40. The van der Waals surface area contributed by atoms with E-state index >= 15 is 0 Å². The highest BCUT2D eigenvalue weighted by atomic mass is 19.4. The molecule has 1 aromatic rings. The Labute approximate surface area is 101 Å². The summed E-state index contributed by atoms with van der Waals surface area (Å²) in [6.07, 6.45) is -5.93. The van der Waals surface area contributed by atoms with Gasteiger partial charge >= 0.3 is 18.0 Å². The largest absolute Gasteiger partial charge is 0.574 e. The molecule has 0 saturated heterocycles. The minimum absolute atomic E-state index is 0.398. The summed E-state index contributed by atoms with van der Waals surface area (Å²) in [4.78, 5) is 33.0. The fourth-order valence-corrected chi connectivity index (χ4v) is 1.20. The first-order valence-corrected chi connectivity index (χ1v) is 4.48. The first-order valence-electron chi connectivity index (χ1n) is 4.48. The van der Waals surface area contributed by atoms with Gasteiger partial charge in [-0.3, -0.25) is 19.7 Å². The number of pyridine rings is 1. The van der Waals surface area contributed by atoms with Gasteiger partial charge in [0.15, 0.2) is 0 Å². The molecule has 1 heterocycles. The lowest BCUT2D eigenvalue weighted by molar-refractivity contribution is -0.386. The van der Waals surface area contributed by atoms with Crippen molar-refractivity contribution in [3.8, 4) is 5.88 Å². The molecule has 104 valence electrons. The maximum Gasteiger partial charge on any atom is 0.574 e. The number of nitrogens with zero attached hydrogens (tertiary/aromatic N) is 1. The van der Waals surface area contributed by atoms with Crippen molar-refractivity contribution < 1.29 is 32.7 Å². The van der Waals surface area contributed by atoms with E-state index in [2.05, 4.69) is 4.74 Å². The van der Waals surface area contributed by atoms with Crippen molar-refractivity contribution in [2.75, 3.05) is 0 Å². The van der Waals surface area contributed by atoms with Crippen LogP contribution in [0, 0.1) is 10.1 Å². The second-order valence-electron chi connectivity index (χ2n) is 3.19. The quantitative estimate of drug-likeness (QED) is 0.622. The molecule has 0 fully saturated rings. The fraction of sp³-hybridized carbons (Fsp3) is 0.250. The number of carboxylic acid groups (broad SMARTS) is 1. The van der Waals surface area contributed by atoms with Gasteiger partial charge in [-0.1, -0.05) is 0 Å². The Kier molecular flexibility index (Phi) is 3.77. The molecule has 0 aliphatic heterocycles. The number of aliphatic carboxylic acids is 1. The van der Waals surface area contributed by atoms with E-state index in [1.54, 1.807) is 4.98 Å². The lowest BCUT2D eigenvalue weighted by Gasteiger charge is -2.11. The van der Waals surface area contributed by atoms with Crippen molar-refractivity contribution in [1.29, 1.82) is 0 Å². The highest BCUT2D eigenvalue weighted by Gasteiger charge is 2.34. The zero-order valence-corrected chi connectivity index (χ0v) is 8.85. The van der Waals surface area contributed by atoms with Gasteiger partial charge in [-0.2, -0.15) is 0 Å². The molecule has 0 aliphatic rings. The van der Waals surface area contributed by atoms with Crippen LogP contribution in [0.1, 0.15) is 5.56 Å². The molecule has 0 aromatic carbocycles. The molecule has 0 amide bonds. The lowest BCUT2D eigenvalue weighted by Crippen LogP contribution is -2.24. The summed E-state index contributed by atoms with van der Waals surface area (Å²) in [7, 11) is 0. The molecule has 0 bridgehead atoms. The van der Waals surface area contributed by atoms with Crippen molar-refractivity contribution in [3.05, 3.63) is 32.1 Å². The van der Waals surface area contributed by atoms with E-state index in [1.807, 2.05) is 0 Å². The maximum absolute atomic E-state index is 12.0. The third kappa shape index (κ3) is 3.69. The Bertz CT molecular complexity index is 579. The number of carboxylic acids is 1. The minimum Gasteiger partial charge on any atom is -0.481 e. The van der Waals surface area contributed by atoms with Crippen molar-refractivity contribution in [2.24, 2.45) is 0 Å². The number of aromatic nitrogens is 1. The van der Waals surface area contributed by atoms with Crippen LogP contribution in [-0.2, 0) is 11.2 Å². The summed E-state index contributed by atoms with van der Waals surface area (Å²) in [6.45, 7) is 0. The zero-order chi connectivity index (χ0) is 14.8. The van der Waals surface area contributed by atoms with Gasteiger partial charge in [-0.05, 0) is 0 Å². The monoisotopic (exact) mass is 282 g/mol. The van der Waals surface area contributed by atoms with Gasteiger partial charge in [0.05, 0.1) is 23.1 Å². The highest BCUT2D eigenvalue weighted by Crippen LogP contribution is 2.24. The lowest BCUT2D eigenvalue weighted by atomic mass is 10.2. The van der Waals surface area contributed by atoms with E-state index in [0.717, 1.165) is 0 Å². The number of halogens is 3. The summed E-state index contributed by atoms with van der Waals surface area (Å²) >= 11 is 0. The van der Waals surface area contributed by atoms with Crippen LogP contribution in [0.25, 0.3) is 0 Å². The predicted octanol–water partition coefficient (Wildman–Crippen LogP) is 0.809. The molecule has 0 radical (unpaired) electrons. The molecule has 0 atom stereocenters. The van der Waals surface area contributed by atoms with Gasteiger partial charge in [-0.25, -0.2) is 0 Å². The van der Waals surface area contributed by atoms with E-state index in [4.69, 9.17) is 5.11 Å². The van der Waals surface area contributed by atoms with Crippen LogP contribution in [0.3, 0.4) is 0 Å². The normalized spacial score (nSPS) is 11.1. The van der Waals surface area contributed by atoms with Crippen LogP contribution < -0.4 is 10.2 Å². The first-order chi connectivity index (χ1) is 8.61. The van der Waals surface area contributed by atoms with Gasteiger partial charge in [0.25, 0.3) is 5.43 Å². The molecular formula is C8H5F3N2O6. The minimum atomic E-state index is -5.17. The summed E-state index contributed by atoms with van der Waals surface area (Å²) in [5.74, 6) is -2.83. The molecule has 0 aliphatic carbocycles. The van der Waals surface area contributed by atoms with Crippen LogP contribution >= 0.6 is 0 Å². The number of nitrogens with one attached hydrogen (secondary N) is 1. The smallest absolute Gasteiger partial charge is 0.481 e. The van der Waals surface area contributed by atoms with E-state index < -0.39 is 46.2 Å². The van der Waals surface area contributed by atoms with E-state index in [-0.39, 0.29) is 0 Å². The molecule has 0 saturated carbocycles. The summed E-state index contributed by atoms with van der Waals surface area (Å²) in [5, 5.41) is 18.9. The second-order valence-corrected chi connectivity index (χ2v) is 3.19. The average Bonchev–Trinajstić information content (AvgIpc) is 2.20. The molecule has 19 heavy (non-hydrogen) atoms. The number of ether oxygens (including phenoxy) is 1. The van der Waals surface area contributed by atoms with E-state index in [1.165, 1.54) is 0 Å². The van der Waals surface area contributed by atoms with E-state index in [9.17, 15) is 32.9 Å². The van der Waals surface area contributed by atoms with Crippen molar-refractivity contribution in [2.45, 2.75) is 12.8 Å². The molecule has 0 spiro atoms. The van der Waals surface area contributed by atoms with Crippen LogP contribution in [0.2, 0.25) is 0 Å². The molecular weight excluding hydrogens is 277 g/mol. The highest BCUT2D eigenvalue weighted by molar-refractivity contribution is 5.71. The Hall–Kier alpha value is -2.59. The number of aromatic amines is 1. The standard InChI is InChI=1S/C8H5F3N2O6/c9-8(10,11)19-7-3(1-5(14)15)6(16)4(2-12-7)13(17)18/h2H,1H2,(H,12,16)(H,14,15). The van der Waals surface area contributed by atoms with Gasteiger partial charge in [0.2, 0.25) is 5.88 Å². The number of hydrogen-bond acceptors (Lipinski definition) is 5. The Morgan fingerprint density at radius 3 is 2.53 bits per heavy atom. The third-order valence-corrected chi connectivity index (χ3v) is 1.86. The van der Waals surface area contributed by atoms with Crippen LogP contribution in [0.15, 0.2) is 11.0 Å². The van der Waals surface area contributed by atoms with Gasteiger partial charge in [-0.15, -0.1) is 13.2 Å². The first kappa shape index (κ1) is 14.5.